The largest absolute Gasteiger partial charge is 0.492 e. The summed E-state index contributed by atoms with van der Waals surface area (Å²) in [5, 5.41) is 13.1. The highest BCUT2D eigenvalue weighted by atomic mass is 32.1. The first-order valence-electron chi connectivity index (χ1n) is 8.23. The molecule has 1 aliphatic rings. The van der Waals surface area contributed by atoms with Gasteiger partial charge in [-0.15, -0.1) is 0 Å². The van der Waals surface area contributed by atoms with Crippen LogP contribution in [0.5, 0.6) is 5.88 Å². The number of rotatable bonds is 4. The SMILES string of the molecule is O=C(Cc1sc(N2CCCCC2)nc1O)Nc1cccc(C(F)(F)F)c1. The number of nitrogens with one attached hydrogen (secondary N) is 1. The quantitative estimate of drug-likeness (QED) is 0.834. The molecule has 0 radical (unpaired) electrons. The van der Waals surface area contributed by atoms with Crippen LogP contribution in [-0.2, 0) is 17.4 Å². The van der Waals surface area contributed by atoms with Gasteiger partial charge in [-0.3, -0.25) is 4.79 Å². The molecule has 5 nitrogen and oxygen atoms in total. The summed E-state index contributed by atoms with van der Waals surface area (Å²) in [7, 11) is 0. The van der Waals surface area contributed by atoms with Crippen molar-refractivity contribution < 1.29 is 23.1 Å². The minimum atomic E-state index is -4.47. The predicted octanol–water partition coefficient (Wildman–Crippen LogP) is 4.04. The molecule has 26 heavy (non-hydrogen) atoms. The molecular weight excluding hydrogens is 367 g/mol. The number of hydrogen-bond donors (Lipinski definition) is 2. The fourth-order valence-corrected chi connectivity index (χ4v) is 3.80. The second-order valence-electron chi connectivity index (χ2n) is 6.09. The van der Waals surface area contributed by atoms with Gasteiger partial charge in [0.1, 0.15) is 0 Å². The number of anilines is 2. The van der Waals surface area contributed by atoms with E-state index in [1.807, 2.05) is 0 Å². The van der Waals surface area contributed by atoms with Crippen LogP contribution in [0.1, 0.15) is 29.7 Å². The van der Waals surface area contributed by atoms with E-state index in [-0.39, 0.29) is 18.0 Å². The molecule has 9 heteroatoms. The molecule has 0 unspecified atom stereocenters. The number of alkyl halides is 3. The van der Waals surface area contributed by atoms with Crippen LogP contribution >= 0.6 is 11.3 Å². The number of piperidine rings is 1. The number of nitrogens with zero attached hydrogens (tertiary/aromatic N) is 2. The highest BCUT2D eigenvalue weighted by Gasteiger charge is 2.30. The van der Waals surface area contributed by atoms with E-state index in [0.717, 1.165) is 38.1 Å². The third-order valence-corrected chi connectivity index (χ3v) is 5.19. The minimum absolute atomic E-state index is 0.0603. The van der Waals surface area contributed by atoms with E-state index >= 15 is 0 Å². The Balaban J connectivity index is 1.66. The van der Waals surface area contributed by atoms with E-state index in [2.05, 4.69) is 15.2 Å². The highest BCUT2D eigenvalue weighted by molar-refractivity contribution is 7.16. The Hall–Kier alpha value is -2.29. The molecule has 2 heterocycles. The molecule has 1 aromatic carbocycles. The summed E-state index contributed by atoms with van der Waals surface area (Å²) in [6.07, 6.45) is -1.33. The summed E-state index contributed by atoms with van der Waals surface area (Å²) in [4.78, 5) is 18.7. The highest BCUT2D eigenvalue weighted by Crippen LogP contribution is 2.33. The molecule has 0 spiro atoms. The smallest absolute Gasteiger partial charge is 0.416 e. The fraction of sp³-hybridized carbons (Fsp3) is 0.412. The lowest BCUT2D eigenvalue weighted by Crippen LogP contribution is -2.29. The van der Waals surface area contributed by atoms with Gasteiger partial charge >= 0.3 is 6.18 Å². The van der Waals surface area contributed by atoms with Crippen LogP contribution in [0.4, 0.5) is 24.0 Å². The van der Waals surface area contributed by atoms with Crippen LogP contribution < -0.4 is 10.2 Å². The van der Waals surface area contributed by atoms with Crippen LogP contribution in [0.2, 0.25) is 0 Å². The molecule has 1 amide bonds. The van der Waals surface area contributed by atoms with Gasteiger partial charge < -0.3 is 15.3 Å². The van der Waals surface area contributed by atoms with Gasteiger partial charge in [-0.1, -0.05) is 17.4 Å². The second-order valence-corrected chi connectivity index (χ2v) is 7.16. The second kappa shape index (κ2) is 7.53. The normalized spacial score (nSPS) is 15.1. The van der Waals surface area contributed by atoms with Crippen molar-refractivity contribution in [2.75, 3.05) is 23.3 Å². The van der Waals surface area contributed by atoms with E-state index < -0.39 is 17.6 Å². The first-order valence-corrected chi connectivity index (χ1v) is 9.05. The molecule has 0 atom stereocenters. The number of aromatic nitrogens is 1. The number of thiazole rings is 1. The standard InChI is InChI=1S/C17H18F3N3O2S/c18-17(19,20)11-5-4-6-12(9-11)21-14(24)10-13-15(25)22-16(26-13)23-7-2-1-3-8-23/h4-6,9,25H,1-3,7-8,10H2,(H,21,24). The third kappa shape index (κ3) is 4.46. The van der Waals surface area contributed by atoms with Gasteiger partial charge in [0.25, 0.3) is 0 Å². The summed E-state index contributed by atoms with van der Waals surface area (Å²) in [6.45, 7) is 1.73. The first kappa shape index (κ1) is 18.5. The van der Waals surface area contributed by atoms with E-state index in [1.54, 1.807) is 0 Å². The van der Waals surface area contributed by atoms with E-state index in [9.17, 15) is 23.1 Å². The van der Waals surface area contributed by atoms with Gasteiger partial charge in [0.05, 0.1) is 16.9 Å². The van der Waals surface area contributed by atoms with Gasteiger partial charge in [-0.2, -0.15) is 18.2 Å². The molecule has 1 aromatic heterocycles. The molecule has 0 aliphatic carbocycles. The number of halogens is 3. The topological polar surface area (TPSA) is 65.5 Å². The maximum absolute atomic E-state index is 12.7. The summed E-state index contributed by atoms with van der Waals surface area (Å²) >= 11 is 1.24. The molecule has 140 valence electrons. The minimum Gasteiger partial charge on any atom is -0.492 e. The number of amides is 1. The van der Waals surface area contributed by atoms with Crippen molar-refractivity contribution >= 4 is 28.1 Å². The molecule has 0 saturated carbocycles. The number of benzene rings is 1. The summed E-state index contributed by atoms with van der Waals surface area (Å²) < 4.78 is 38.2. The monoisotopic (exact) mass is 385 g/mol. The van der Waals surface area contributed by atoms with Crippen LogP contribution in [0.15, 0.2) is 24.3 Å². The van der Waals surface area contributed by atoms with Gasteiger partial charge in [0.2, 0.25) is 11.8 Å². The predicted molar refractivity (Wildman–Crippen MR) is 93.6 cm³/mol. The van der Waals surface area contributed by atoms with Crippen molar-refractivity contribution in [1.82, 2.24) is 4.98 Å². The summed E-state index contributed by atoms with van der Waals surface area (Å²) in [5.41, 5.74) is -0.770. The van der Waals surface area contributed by atoms with Gasteiger partial charge in [0, 0.05) is 18.8 Å². The van der Waals surface area contributed by atoms with Crippen molar-refractivity contribution in [3.05, 3.63) is 34.7 Å². The maximum atomic E-state index is 12.7. The molecule has 0 bridgehead atoms. The molecule has 2 N–H and O–H groups in total. The van der Waals surface area contributed by atoms with E-state index in [4.69, 9.17) is 0 Å². The van der Waals surface area contributed by atoms with Crippen LogP contribution in [0, 0.1) is 0 Å². The molecule has 3 rings (SSSR count). The fourth-order valence-electron chi connectivity index (χ4n) is 2.79. The Morgan fingerprint density at radius 1 is 1.27 bits per heavy atom. The Bertz CT molecular complexity index is 786. The van der Waals surface area contributed by atoms with Gasteiger partial charge in [-0.05, 0) is 37.5 Å². The lowest BCUT2D eigenvalue weighted by atomic mass is 10.1. The molecule has 1 aliphatic heterocycles. The lowest BCUT2D eigenvalue weighted by Gasteiger charge is -2.25. The number of aromatic hydroxyl groups is 1. The summed E-state index contributed by atoms with van der Waals surface area (Å²) in [6, 6.07) is 4.44. The van der Waals surface area contributed by atoms with Crippen LogP contribution in [0.25, 0.3) is 0 Å². The van der Waals surface area contributed by atoms with E-state index in [1.165, 1.54) is 29.9 Å². The zero-order chi connectivity index (χ0) is 18.7. The Morgan fingerprint density at radius 3 is 2.69 bits per heavy atom. The number of carbonyl (C=O) groups is 1. The first-order chi connectivity index (χ1) is 12.3. The van der Waals surface area contributed by atoms with Crippen molar-refractivity contribution in [3.63, 3.8) is 0 Å². The van der Waals surface area contributed by atoms with Crippen molar-refractivity contribution in [1.29, 1.82) is 0 Å². The molecule has 2 aromatic rings. The van der Waals surface area contributed by atoms with Crippen LogP contribution in [-0.4, -0.2) is 29.1 Å². The lowest BCUT2D eigenvalue weighted by molar-refractivity contribution is -0.137. The van der Waals surface area contributed by atoms with Crippen molar-refractivity contribution in [2.45, 2.75) is 31.9 Å². The molecule has 1 saturated heterocycles. The molecule has 1 fully saturated rings. The van der Waals surface area contributed by atoms with Gasteiger partial charge in [0.15, 0.2) is 5.13 Å². The van der Waals surface area contributed by atoms with Gasteiger partial charge in [-0.25, -0.2) is 0 Å². The average Bonchev–Trinajstić information content (AvgIpc) is 2.96. The zero-order valence-corrected chi connectivity index (χ0v) is 14.7. The Kier molecular flexibility index (Phi) is 5.36. The number of carbonyl (C=O) groups excluding carboxylic acids is 1. The Labute approximate surface area is 152 Å². The maximum Gasteiger partial charge on any atom is 0.416 e. The average molecular weight is 385 g/mol. The number of hydrogen-bond acceptors (Lipinski definition) is 5. The van der Waals surface area contributed by atoms with Crippen LogP contribution in [0.3, 0.4) is 0 Å². The zero-order valence-electron chi connectivity index (χ0n) is 13.8. The molecular formula is C17H18F3N3O2S. The van der Waals surface area contributed by atoms with Crippen molar-refractivity contribution in [3.8, 4) is 5.88 Å². The van der Waals surface area contributed by atoms with Crippen molar-refractivity contribution in [2.24, 2.45) is 0 Å². The van der Waals surface area contributed by atoms with E-state index in [0.29, 0.717) is 10.0 Å². The third-order valence-electron chi connectivity index (χ3n) is 4.09. The Morgan fingerprint density at radius 2 is 2.00 bits per heavy atom. The summed E-state index contributed by atoms with van der Waals surface area (Å²) in [5.74, 6) is -0.705.